The van der Waals surface area contributed by atoms with E-state index in [0.29, 0.717) is 17.3 Å². The highest BCUT2D eigenvalue weighted by atomic mass is 35.5. The van der Waals surface area contributed by atoms with Gasteiger partial charge < -0.3 is 14.5 Å². The number of hydrogen-bond donors (Lipinski definition) is 1. The summed E-state index contributed by atoms with van der Waals surface area (Å²) < 4.78 is 11.1. The monoisotopic (exact) mass is 362 g/mol. The first-order valence-electron chi connectivity index (χ1n) is 8.56. The predicted octanol–water partition coefficient (Wildman–Crippen LogP) is 3.57. The fourth-order valence-electron chi connectivity index (χ4n) is 3.06. The highest BCUT2D eigenvalue weighted by molar-refractivity contribution is 6.31. The molecular formula is C19H23ClN2O3. The van der Waals surface area contributed by atoms with Crippen LogP contribution in [0.25, 0.3) is 0 Å². The Morgan fingerprint density at radius 2 is 2.16 bits per heavy atom. The molecule has 1 atom stereocenters. The summed E-state index contributed by atoms with van der Waals surface area (Å²) in [6.07, 6.45) is 4.04. The van der Waals surface area contributed by atoms with E-state index in [9.17, 15) is 4.79 Å². The summed E-state index contributed by atoms with van der Waals surface area (Å²) >= 11 is 5.99. The van der Waals surface area contributed by atoms with Crippen molar-refractivity contribution in [2.24, 2.45) is 0 Å². The molecule has 1 aliphatic rings. The number of furan rings is 1. The summed E-state index contributed by atoms with van der Waals surface area (Å²) in [5.74, 6) is 1.37. The normalized spacial score (nSPS) is 15.9. The zero-order valence-electron chi connectivity index (χ0n) is 14.3. The van der Waals surface area contributed by atoms with Crippen molar-refractivity contribution in [2.45, 2.75) is 25.8 Å². The number of nitrogens with one attached hydrogen (secondary N) is 1. The van der Waals surface area contributed by atoms with Crippen LogP contribution < -0.4 is 10.1 Å². The van der Waals surface area contributed by atoms with Gasteiger partial charge in [0.05, 0.1) is 12.3 Å². The SMILES string of the molecule is Cc1cc(OCC(=O)NC[C@@H](c2ccco2)N2CCCC2)ccc1Cl. The van der Waals surface area contributed by atoms with E-state index >= 15 is 0 Å². The van der Waals surface area contributed by atoms with Crippen molar-refractivity contribution in [3.63, 3.8) is 0 Å². The van der Waals surface area contributed by atoms with Crippen LogP contribution in [0.2, 0.25) is 5.02 Å². The van der Waals surface area contributed by atoms with Gasteiger partial charge in [-0.3, -0.25) is 9.69 Å². The molecule has 0 bridgehead atoms. The molecule has 0 saturated carbocycles. The number of halogens is 1. The molecule has 0 spiro atoms. The Morgan fingerprint density at radius 3 is 2.84 bits per heavy atom. The molecule has 2 heterocycles. The number of benzene rings is 1. The Balaban J connectivity index is 1.51. The van der Waals surface area contributed by atoms with Crippen LogP contribution in [-0.4, -0.2) is 37.0 Å². The third-order valence-corrected chi connectivity index (χ3v) is 4.87. The Hall–Kier alpha value is -1.98. The first-order valence-corrected chi connectivity index (χ1v) is 8.94. The second kappa shape index (κ2) is 8.41. The topological polar surface area (TPSA) is 54.7 Å². The van der Waals surface area contributed by atoms with Crippen LogP contribution in [0.3, 0.4) is 0 Å². The van der Waals surface area contributed by atoms with E-state index in [0.717, 1.165) is 24.4 Å². The molecule has 25 heavy (non-hydrogen) atoms. The first-order chi connectivity index (χ1) is 12.1. The quantitative estimate of drug-likeness (QED) is 0.818. The van der Waals surface area contributed by atoms with Gasteiger partial charge in [-0.25, -0.2) is 0 Å². The molecule has 2 aromatic rings. The number of nitrogens with zero attached hydrogens (tertiary/aromatic N) is 1. The Kier molecular flexibility index (Phi) is 6.00. The van der Waals surface area contributed by atoms with Crippen molar-refractivity contribution in [3.8, 4) is 5.75 Å². The summed E-state index contributed by atoms with van der Waals surface area (Å²) in [5.41, 5.74) is 0.923. The maximum atomic E-state index is 12.1. The minimum Gasteiger partial charge on any atom is -0.484 e. The third-order valence-electron chi connectivity index (χ3n) is 4.44. The standard InChI is InChI=1S/C19H23ClN2O3/c1-14-11-15(6-7-16(14)20)25-13-19(23)21-12-17(18-5-4-10-24-18)22-8-2-3-9-22/h4-7,10-11,17H,2-3,8-9,12-13H2,1H3,(H,21,23)/t17-/m0/s1. The smallest absolute Gasteiger partial charge is 0.258 e. The summed E-state index contributed by atoms with van der Waals surface area (Å²) in [6, 6.07) is 9.27. The fourth-order valence-corrected chi connectivity index (χ4v) is 3.18. The van der Waals surface area contributed by atoms with Crippen LogP contribution in [-0.2, 0) is 4.79 Å². The van der Waals surface area contributed by atoms with Crippen LogP contribution >= 0.6 is 11.6 Å². The van der Waals surface area contributed by atoms with Gasteiger partial charge in [0.25, 0.3) is 5.91 Å². The van der Waals surface area contributed by atoms with Gasteiger partial charge in [0.1, 0.15) is 11.5 Å². The van der Waals surface area contributed by atoms with Gasteiger partial charge in [0, 0.05) is 11.6 Å². The van der Waals surface area contributed by atoms with Crippen molar-refractivity contribution < 1.29 is 13.9 Å². The van der Waals surface area contributed by atoms with E-state index in [-0.39, 0.29) is 18.6 Å². The van der Waals surface area contributed by atoms with E-state index in [1.54, 1.807) is 18.4 Å². The zero-order chi connectivity index (χ0) is 17.6. The maximum absolute atomic E-state index is 12.1. The molecule has 0 radical (unpaired) electrons. The number of carbonyl (C=O) groups is 1. The van der Waals surface area contributed by atoms with Crippen LogP contribution in [0.5, 0.6) is 5.75 Å². The van der Waals surface area contributed by atoms with Gasteiger partial charge in [-0.15, -0.1) is 0 Å². The van der Waals surface area contributed by atoms with E-state index in [1.807, 2.05) is 25.1 Å². The average molecular weight is 363 g/mol. The number of aryl methyl sites for hydroxylation is 1. The Labute approximate surface area is 152 Å². The minimum absolute atomic E-state index is 0.0219. The summed E-state index contributed by atoms with van der Waals surface area (Å²) in [4.78, 5) is 14.5. The van der Waals surface area contributed by atoms with Crippen LogP contribution in [0, 0.1) is 6.92 Å². The molecule has 134 valence electrons. The second-order valence-electron chi connectivity index (χ2n) is 6.28. The van der Waals surface area contributed by atoms with Crippen molar-refractivity contribution in [3.05, 3.63) is 52.9 Å². The van der Waals surface area contributed by atoms with Crippen LogP contribution in [0.4, 0.5) is 0 Å². The van der Waals surface area contributed by atoms with Gasteiger partial charge in [-0.05, 0) is 68.8 Å². The van der Waals surface area contributed by atoms with Gasteiger partial charge in [-0.1, -0.05) is 11.6 Å². The molecule has 1 fully saturated rings. The van der Waals surface area contributed by atoms with E-state index in [1.165, 1.54) is 12.8 Å². The predicted molar refractivity (Wildman–Crippen MR) is 96.9 cm³/mol. The number of carbonyl (C=O) groups excluding carboxylic acids is 1. The number of amides is 1. The Morgan fingerprint density at radius 1 is 1.36 bits per heavy atom. The highest BCUT2D eigenvalue weighted by Gasteiger charge is 2.25. The van der Waals surface area contributed by atoms with Gasteiger partial charge in [-0.2, -0.15) is 0 Å². The number of likely N-dealkylation sites (tertiary alicyclic amines) is 1. The lowest BCUT2D eigenvalue weighted by Gasteiger charge is -2.26. The molecule has 1 saturated heterocycles. The highest BCUT2D eigenvalue weighted by Crippen LogP contribution is 2.25. The van der Waals surface area contributed by atoms with Crippen LogP contribution in [0.15, 0.2) is 41.0 Å². The second-order valence-corrected chi connectivity index (χ2v) is 6.69. The molecule has 1 aliphatic heterocycles. The molecule has 5 nitrogen and oxygen atoms in total. The molecule has 0 unspecified atom stereocenters. The number of rotatable bonds is 7. The lowest BCUT2D eigenvalue weighted by atomic mass is 10.2. The third kappa shape index (κ3) is 4.77. The van der Waals surface area contributed by atoms with Gasteiger partial charge >= 0.3 is 0 Å². The zero-order valence-corrected chi connectivity index (χ0v) is 15.1. The maximum Gasteiger partial charge on any atom is 0.258 e. The molecule has 3 rings (SSSR count). The lowest BCUT2D eigenvalue weighted by Crippen LogP contribution is -2.38. The van der Waals surface area contributed by atoms with Crippen molar-refractivity contribution in [1.29, 1.82) is 0 Å². The largest absolute Gasteiger partial charge is 0.484 e. The molecule has 1 aromatic heterocycles. The van der Waals surface area contributed by atoms with E-state index in [2.05, 4.69) is 10.2 Å². The number of ether oxygens (including phenoxy) is 1. The molecule has 6 heteroatoms. The van der Waals surface area contributed by atoms with Gasteiger partial charge in [0.2, 0.25) is 0 Å². The minimum atomic E-state index is -0.150. The summed E-state index contributed by atoms with van der Waals surface area (Å²) in [7, 11) is 0. The number of hydrogen-bond acceptors (Lipinski definition) is 4. The molecule has 1 aromatic carbocycles. The van der Waals surface area contributed by atoms with Crippen LogP contribution in [0.1, 0.15) is 30.2 Å². The molecular weight excluding hydrogens is 340 g/mol. The Bertz CT molecular complexity index is 697. The lowest BCUT2D eigenvalue weighted by molar-refractivity contribution is -0.123. The molecule has 1 amide bonds. The van der Waals surface area contributed by atoms with Crippen molar-refractivity contribution in [2.75, 3.05) is 26.2 Å². The summed E-state index contributed by atoms with van der Waals surface area (Å²) in [5, 5.41) is 3.64. The van der Waals surface area contributed by atoms with E-state index in [4.69, 9.17) is 20.8 Å². The van der Waals surface area contributed by atoms with Crippen molar-refractivity contribution in [1.82, 2.24) is 10.2 Å². The van der Waals surface area contributed by atoms with Gasteiger partial charge in [0.15, 0.2) is 6.61 Å². The first kappa shape index (κ1) is 17.8. The molecule has 0 aliphatic carbocycles. The average Bonchev–Trinajstić information content (AvgIpc) is 3.30. The fraction of sp³-hybridized carbons (Fsp3) is 0.421. The molecule has 1 N–H and O–H groups in total. The summed E-state index contributed by atoms with van der Waals surface area (Å²) in [6.45, 7) is 4.45. The van der Waals surface area contributed by atoms with E-state index < -0.39 is 0 Å². The van der Waals surface area contributed by atoms with Crippen molar-refractivity contribution >= 4 is 17.5 Å².